The summed E-state index contributed by atoms with van der Waals surface area (Å²) in [5.74, 6) is 0.0446. The van der Waals surface area contributed by atoms with E-state index in [1.807, 2.05) is 0 Å². The molecule has 2 rings (SSSR count). The Morgan fingerprint density at radius 2 is 1.25 bits per heavy atom. The molecule has 0 aliphatic heterocycles. The Bertz CT molecular complexity index is 799. The molecule has 0 saturated carbocycles. The first-order valence-electron chi connectivity index (χ1n) is 6.39. The van der Waals surface area contributed by atoms with E-state index < -0.39 is 26.3 Å². The van der Waals surface area contributed by atoms with Crippen LogP contribution in [0.3, 0.4) is 0 Å². The van der Waals surface area contributed by atoms with Crippen LogP contribution in [0.5, 0.6) is 5.75 Å². The number of rotatable bonds is 6. The van der Waals surface area contributed by atoms with E-state index in [4.69, 9.17) is 0 Å². The van der Waals surface area contributed by atoms with Crippen LogP contribution in [0, 0.1) is 30.3 Å². The lowest BCUT2D eigenvalue weighted by Gasteiger charge is -1.99. The van der Waals surface area contributed by atoms with E-state index >= 15 is 0 Å². The molecular formula is C14H9N3O7. The minimum atomic E-state index is -0.937. The highest BCUT2D eigenvalue weighted by atomic mass is 17.0. The number of hydrogen-bond donors (Lipinski definition) is 0. The Hall–Kier alpha value is -3.82. The smallest absolute Gasteiger partial charge is 0.276 e. The molecule has 0 radical (unpaired) electrons. The van der Waals surface area contributed by atoms with E-state index in [-0.39, 0.29) is 11.3 Å². The number of benzene rings is 2. The van der Waals surface area contributed by atoms with Crippen molar-refractivity contribution in [3.8, 4) is 5.75 Å². The zero-order valence-corrected chi connectivity index (χ0v) is 11.9. The van der Waals surface area contributed by atoms with E-state index in [1.54, 1.807) is 6.08 Å². The molecule has 0 atom stereocenters. The van der Waals surface area contributed by atoms with E-state index in [1.165, 1.54) is 42.5 Å². The molecule has 0 unspecified atom stereocenters. The quantitative estimate of drug-likeness (QED) is 0.449. The third-order valence-electron chi connectivity index (χ3n) is 2.87. The van der Waals surface area contributed by atoms with Crippen molar-refractivity contribution < 1.29 is 19.8 Å². The van der Waals surface area contributed by atoms with Gasteiger partial charge >= 0.3 is 0 Å². The molecule has 0 heterocycles. The summed E-state index contributed by atoms with van der Waals surface area (Å²) in [5.41, 5.74) is 0.124. The fourth-order valence-corrected chi connectivity index (χ4v) is 1.84. The van der Waals surface area contributed by atoms with Gasteiger partial charge in [0.2, 0.25) is 0 Å². The lowest BCUT2D eigenvalue weighted by Crippen LogP contribution is -2.02. The van der Waals surface area contributed by atoms with Crippen LogP contribution in [-0.2, 0) is 0 Å². The van der Waals surface area contributed by atoms with Gasteiger partial charge < -0.3 is 0 Å². The van der Waals surface area contributed by atoms with Gasteiger partial charge in [0.15, 0.2) is 0 Å². The van der Waals surface area contributed by atoms with Gasteiger partial charge in [-0.2, -0.15) is 0 Å². The molecule has 0 spiro atoms. The third-order valence-corrected chi connectivity index (χ3v) is 2.87. The summed E-state index contributed by atoms with van der Waals surface area (Å²) < 4.78 is 0. The van der Waals surface area contributed by atoms with Gasteiger partial charge in [0.25, 0.3) is 16.5 Å². The second-order valence-corrected chi connectivity index (χ2v) is 4.51. The molecule has 0 aliphatic rings. The predicted octanol–water partition coefficient (Wildman–Crippen LogP) is 3.24. The number of nitrogens with zero attached hydrogens (tertiary/aromatic N) is 3. The highest BCUT2D eigenvalue weighted by Crippen LogP contribution is 2.24. The number of nitro benzene ring substituents is 2. The molecule has 2 aromatic carbocycles. The van der Waals surface area contributed by atoms with Gasteiger partial charge in [0, 0.05) is 12.1 Å². The second kappa shape index (κ2) is 6.96. The molecule has 0 amide bonds. The van der Waals surface area contributed by atoms with E-state index in [9.17, 15) is 30.3 Å². The zero-order chi connectivity index (χ0) is 17.7. The van der Waals surface area contributed by atoms with Crippen LogP contribution < -0.4 is 4.84 Å². The molecule has 24 heavy (non-hydrogen) atoms. The highest BCUT2D eigenvalue weighted by molar-refractivity contribution is 5.72. The Labute approximate surface area is 134 Å². The standard InChI is InChI=1S/C14H9N3O7/c18-15(19)12-7-11(8-13(9-12)16(20)21)2-1-10-3-5-14(6-4-10)24-17(22)23/h1-9H/b2-1-. The number of non-ortho nitro benzene ring substituents is 2. The van der Waals surface area contributed by atoms with Gasteiger partial charge in [-0.1, -0.05) is 24.3 Å². The van der Waals surface area contributed by atoms with Crippen molar-refractivity contribution in [1.29, 1.82) is 0 Å². The molecule has 2 aromatic rings. The van der Waals surface area contributed by atoms with Gasteiger partial charge in [0.1, 0.15) is 5.75 Å². The Kier molecular flexibility index (Phi) is 4.80. The zero-order valence-electron chi connectivity index (χ0n) is 11.9. The third kappa shape index (κ3) is 4.34. The molecule has 0 bridgehead atoms. The highest BCUT2D eigenvalue weighted by Gasteiger charge is 2.15. The number of hydrogen-bond acceptors (Lipinski definition) is 7. The lowest BCUT2D eigenvalue weighted by atomic mass is 10.1. The Morgan fingerprint density at radius 3 is 1.71 bits per heavy atom. The van der Waals surface area contributed by atoms with Crippen LogP contribution in [-0.4, -0.2) is 14.9 Å². The average molecular weight is 331 g/mol. The summed E-state index contributed by atoms with van der Waals surface area (Å²) in [6.45, 7) is 0. The SMILES string of the molecule is O=[N+]([O-])Oc1ccc(/C=C\c2cc([N+](=O)[O-])cc([N+](=O)[O-])c2)cc1. The van der Waals surface area contributed by atoms with Crippen molar-refractivity contribution in [2.75, 3.05) is 0 Å². The average Bonchev–Trinajstić information content (AvgIpc) is 2.53. The molecule has 0 aliphatic carbocycles. The second-order valence-electron chi connectivity index (χ2n) is 4.51. The minimum Gasteiger partial charge on any atom is -0.276 e. The molecular weight excluding hydrogens is 322 g/mol. The minimum absolute atomic E-state index is 0.0446. The van der Waals surface area contributed by atoms with E-state index in [2.05, 4.69) is 4.84 Å². The topological polar surface area (TPSA) is 139 Å². The normalized spacial score (nSPS) is 10.5. The van der Waals surface area contributed by atoms with Crippen molar-refractivity contribution in [2.24, 2.45) is 0 Å². The fourth-order valence-electron chi connectivity index (χ4n) is 1.84. The van der Waals surface area contributed by atoms with Crippen molar-refractivity contribution in [3.63, 3.8) is 0 Å². The van der Waals surface area contributed by atoms with E-state index in [0.717, 1.165) is 6.07 Å². The van der Waals surface area contributed by atoms with Gasteiger partial charge in [-0.15, -0.1) is 10.1 Å². The van der Waals surface area contributed by atoms with Crippen LogP contribution in [0.4, 0.5) is 11.4 Å². The van der Waals surface area contributed by atoms with Gasteiger partial charge in [-0.3, -0.25) is 25.1 Å². The van der Waals surface area contributed by atoms with E-state index in [0.29, 0.717) is 5.56 Å². The first-order chi connectivity index (χ1) is 11.3. The summed E-state index contributed by atoms with van der Waals surface area (Å²) in [6.07, 6.45) is 3.02. The maximum absolute atomic E-state index is 10.8. The summed E-state index contributed by atoms with van der Waals surface area (Å²) in [7, 11) is 0. The van der Waals surface area contributed by atoms with Crippen LogP contribution in [0.25, 0.3) is 12.2 Å². The molecule has 0 N–H and O–H groups in total. The van der Waals surface area contributed by atoms with Crippen LogP contribution >= 0.6 is 0 Å². The predicted molar refractivity (Wildman–Crippen MR) is 82.7 cm³/mol. The lowest BCUT2D eigenvalue weighted by molar-refractivity contribution is -0.711. The molecule has 0 saturated heterocycles. The molecule has 10 heteroatoms. The van der Waals surface area contributed by atoms with Crippen LogP contribution in [0.2, 0.25) is 0 Å². The molecule has 122 valence electrons. The van der Waals surface area contributed by atoms with Gasteiger partial charge in [-0.05, 0) is 23.3 Å². The summed E-state index contributed by atoms with van der Waals surface area (Å²) in [5, 5.41) is 30.9. The van der Waals surface area contributed by atoms with Crippen molar-refractivity contribution in [3.05, 3.63) is 83.9 Å². The molecule has 0 fully saturated rings. The van der Waals surface area contributed by atoms with Gasteiger partial charge in [-0.25, -0.2) is 0 Å². The van der Waals surface area contributed by atoms with Crippen LogP contribution in [0.15, 0.2) is 42.5 Å². The van der Waals surface area contributed by atoms with Crippen molar-refractivity contribution >= 4 is 23.5 Å². The van der Waals surface area contributed by atoms with Crippen molar-refractivity contribution in [2.45, 2.75) is 0 Å². The summed E-state index contributed by atoms with van der Waals surface area (Å²) >= 11 is 0. The van der Waals surface area contributed by atoms with Gasteiger partial charge in [0.05, 0.1) is 15.9 Å². The van der Waals surface area contributed by atoms with Crippen molar-refractivity contribution in [1.82, 2.24) is 0 Å². The largest absolute Gasteiger partial charge is 0.299 e. The monoisotopic (exact) mass is 331 g/mol. The first-order valence-corrected chi connectivity index (χ1v) is 6.39. The molecule has 0 aromatic heterocycles. The Morgan fingerprint density at radius 1 is 0.750 bits per heavy atom. The fraction of sp³-hybridized carbons (Fsp3) is 0. The summed E-state index contributed by atoms with van der Waals surface area (Å²) in [6, 6.07) is 9.08. The number of nitro groups is 2. The summed E-state index contributed by atoms with van der Waals surface area (Å²) in [4.78, 5) is 34.7. The van der Waals surface area contributed by atoms with Crippen LogP contribution in [0.1, 0.15) is 11.1 Å². The molecule has 10 nitrogen and oxygen atoms in total. The maximum Gasteiger partial charge on any atom is 0.299 e. The maximum atomic E-state index is 10.8. The first kappa shape index (κ1) is 16.5. The Balaban J connectivity index is 2.26.